The lowest BCUT2D eigenvalue weighted by atomic mass is 9.92. The number of rotatable bonds is 1. The summed E-state index contributed by atoms with van der Waals surface area (Å²) in [4.78, 5) is 11.7. The SMILES string of the molecule is Brc1cn2ccnc2c(N2CCCC3CCCC32)n1. The van der Waals surface area contributed by atoms with Crippen molar-refractivity contribution in [3.63, 3.8) is 0 Å². The van der Waals surface area contributed by atoms with E-state index >= 15 is 0 Å². The Kier molecular flexibility index (Phi) is 2.76. The van der Waals surface area contributed by atoms with Crippen LogP contribution in [0.5, 0.6) is 0 Å². The molecule has 2 unspecified atom stereocenters. The maximum absolute atomic E-state index is 4.72. The fourth-order valence-electron chi connectivity index (χ4n) is 3.79. The molecule has 1 aliphatic carbocycles. The monoisotopic (exact) mass is 320 g/mol. The number of nitrogens with zero attached hydrogens (tertiary/aromatic N) is 4. The van der Waals surface area contributed by atoms with Crippen molar-refractivity contribution >= 4 is 27.4 Å². The molecule has 2 aromatic rings. The van der Waals surface area contributed by atoms with Gasteiger partial charge in [0.05, 0.1) is 0 Å². The lowest BCUT2D eigenvalue weighted by Gasteiger charge is -2.38. The lowest BCUT2D eigenvalue weighted by molar-refractivity contribution is 0.361. The number of imidazole rings is 1. The number of piperidine rings is 1. The quantitative estimate of drug-likeness (QED) is 0.808. The molecule has 0 amide bonds. The Morgan fingerprint density at radius 2 is 2.11 bits per heavy atom. The summed E-state index contributed by atoms with van der Waals surface area (Å²) in [5, 5.41) is 0. The highest BCUT2D eigenvalue weighted by atomic mass is 79.9. The number of hydrogen-bond acceptors (Lipinski definition) is 3. The fraction of sp³-hybridized carbons (Fsp3) is 0.571. The summed E-state index contributed by atoms with van der Waals surface area (Å²) in [5.74, 6) is 1.92. The summed E-state index contributed by atoms with van der Waals surface area (Å²) in [6, 6.07) is 0.677. The fourth-order valence-corrected chi connectivity index (χ4v) is 4.18. The van der Waals surface area contributed by atoms with Gasteiger partial charge in [-0.3, -0.25) is 0 Å². The number of halogens is 1. The molecule has 1 saturated heterocycles. The molecule has 0 radical (unpaired) electrons. The van der Waals surface area contributed by atoms with Crippen LogP contribution in [0, 0.1) is 5.92 Å². The molecule has 100 valence electrons. The molecule has 2 atom stereocenters. The lowest BCUT2D eigenvalue weighted by Crippen LogP contribution is -2.43. The Balaban J connectivity index is 1.82. The minimum atomic E-state index is 0.677. The molecule has 0 N–H and O–H groups in total. The molecule has 2 aromatic heterocycles. The normalized spacial score (nSPS) is 26.9. The summed E-state index contributed by atoms with van der Waals surface area (Å²) in [6.07, 6.45) is 12.5. The van der Waals surface area contributed by atoms with Crippen molar-refractivity contribution < 1.29 is 0 Å². The van der Waals surface area contributed by atoms with Gasteiger partial charge in [0, 0.05) is 31.2 Å². The highest BCUT2D eigenvalue weighted by Crippen LogP contribution is 2.39. The van der Waals surface area contributed by atoms with Crippen molar-refractivity contribution in [2.45, 2.75) is 38.1 Å². The van der Waals surface area contributed by atoms with Gasteiger partial charge in [0.2, 0.25) is 0 Å². The predicted molar refractivity (Wildman–Crippen MR) is 78.4 cm³/mol. The summed E-state index contributed by atoms with van der Waals surface area (Å²) >= 11 is 3.52. The second-order valence-electron chi connectivity index (χ2n) is 5.64. The number of fused-ring (bicyclic) bond motifs is 2. The Hall–Kier alpha value is -1.10. The van der Waals surface area contributed by atoms with E-state index in [1.54, 1.807) is 0 Å². The van der Waals surface area contributed by atoms with E-state index in [2.05, 4.69) is 30.2 Å². The molecule has 0 aromatic carbocycles. The van der Waals surface area contributed by atoms with Crippen molar-refractivity contribution in [2.24, 2.45) is 5.92 Å². The van der Waals surface area contributed by atoms with E-state index in [0.717, 1.165) is 28.5 Å². The van der Waals surface area contributed by atoms with Crippen molar-refractivity contribution in [3.05, 3.63) is 23.2 Å². The van der Waals surface area contributed by atoms with E-state index in [1.165, 1.54) is 32.1 Å². The van der Waals surface area contributed by atoms with E-state index in [4.69, 9.17) is 4.98 Å². The standard InChI is InChI=1S/C14H17BrN4/c15-12-9-18-8-6-16-13(18)14(17-12)19-7-2-4-10-3-1-5-11(10)19/h6,8-11H,1-5,7H2. The van der Waals surface area contributed by atoms with E-state index < -0.39 is 0 Å². The first-order chi connectivity index (χ1) is 9.33. The predicted octanol–water partition coefficient (Wildman–Crippen LogP) is 3.26. The van der Waals surface area contributed by atoms with E-state index in [9.17, 15) is 0 Å². The van der Waals surface area contributed by atoms with E-state index in [1.807, 2.05) is 18.6 Å². The second-order valence-corrected chi connectivity index (χ2v) is 6.45. The van der Waals surface area contributed by atoms with Gasteiger partial charge < -0.3 is 9.30 Å². The summed E-state index contributed by atoms with van der Waals surface area (Å²) in [6.45, 7) is 1.12. The summed E-state index contributed by atoms with van der Waals surface area (Å²) in [7, 11) is 0. The van der Waals surface area contributed by atoms with Gasteiger partial charge in [-0.25, -0.2) is 9.97 Å². The van der Waals surface area contributed by atoms with Gasteiger partial charge in [0.25, 0.3) is 0 Å². The number of aromatic nitrogens is 3. The van der Waals surface area contributed by atoms with Crippen LogP contribution in [0.3, 0.4) is 0 Å². The smallest absolute Gasteiger partial charge is 0.180 e. The first-order valence-corrected chi connectivity index (χ1v) is 7.88. The zero-order chi connectivity index (χ0) is 12.8. The molecule has 0 spiro atoms. The van der Waals surface area contributed by atoms with Crippen LogP contribution in [0.15, 0.2) is 23.2 Å². The minimum absolute atomic E-state index is 0.677. The molecule has 5 heteroatoms. The van der Waals surface area contributed by atoms with Crippen LogP contribution in [0.25, 0.3) is 5.65 Å². The minimum Gasteiger partial charge on any atom is -0.350 e. The Labute approximate surface area is 121 Å². The molecule has 1 aliphatic heterocycles. The largest absolute Gasteiger partial charge is 0.350 e. The Bertz CT molecular complexity index is 609. The third-order valence-corrected chi connectivity index (χ3v) is 4.97. The highest BCUT2D eigenvalue weighted by Gasteiger charge is 2.36. The summed E-state index contributed by atoms with van der Waals surface area (Å²) < 4.78 is 2.94. The average molecular weight is 321 g/mol. The molecule has 3 heterocycles. The maximum atomic E-state index is 4.72. The molecule has 1 saturated carbocycles. The van der Waals surface area contributed by atoms with Crippen molar-refractivity contribution in [1.29, 1.82) is 0 Å². The topological polar surface area (TPSA) is 33.4 Å². The Morgan fingerprint density at radius 3 is 3.05 bits per heavy atom. The van der Waals surface area contributed by atoms with Crippen molar-refractivity contribution in [1.82, 2.24) is 14.4 Å². The molecular weight excluding hydrogens is 304 g/mol. The van der Waals surface area contributed by atoms with Crippen LogP contribution in [0.2, 0.25) is 0 Å². The second kappa shape index (κ2) is 4.47. The number of hydrogen-bond donors (Lipinski definition) is 0. The third-order valence-electron chi connectivity index (χ3n) is 4.59. The van der Waals surface area contributed by atoms with E-state index in [-0.39, 0.29) is 0 Å². The number of anilines is 1. The molecule has 19 heavy (non-hydrogen) atoms. The van der Waals surface area contributed by atoms with Gasteiger partial charge in [-0.05, 0) is 47.5 Å². The van der Waals surface area contributed by atoms with Crippen LogP contribution in [0.1, 0.15) is 32.1 Å². The van der Waals surface area contributed by atoms with E-state index in [0.29, 0.717) is 6.04 Å². The first-order valence-electron chi connectivity index (χ1n) is 7.09. The van der Waals surface area contributed by atoms with Gasteiger partial charge in [-0.1, -0.05) is 6.42 Å². The van der Waals surface area contributed by atoms with Crippen molar-refractivity contribution in [2.75, 3.05) is 11.4 Å². The Morgan fingerprint density at radius 1 is 1.21 bits per heavy atom. The summed E-state index contributed by atoms with van der Waals surface area (Å²) in [5.41, 5.74) is 0.982. The highest BCUT2D eigenvalue weighted by molar-refractivity contribution is 9.10. The molecule has 2 aliphatic rings. The van der Waals surface area contributed by atoms with Gasteiger partial charge >= 0.3 is 0 Å². The third kappa shape index (κ3) is 1.86. The average Bonchev–Trinajstić information content (AvgIpc) is 3.04. The van der Waals surface area contributed by atoms with Crippen LogP contribution < -0.4 is 4.90 Å². The van der Waals surface area contributed by atoms with Crippen molar-refractivity contribution in [3.8, 4) is 0 Å². The van der Waals surface area contributed by atoms with Crippen LogP contribution in [-0.2, 0) is 0 Å². The van der Waals surface area contributed by atoms with Crippen LogP contribution >= 0.6 is 15.9 Å². The molecule has 4 nitrogen and oxygen atoms in total. The van der Waals surface area contributed by atoms with Gasteiger partial charge in [0.15, 0.2) is 11.5 Å². The zero-order valence-electron chi connectivity index (χ0n) is 10.8. The molecule has 0 bridgehead atoms. The van der Waals surface area contributed by atoms with Gasteiger partial charge in [-0.15, -0.1) is 0 Å². The van der Waals surface area contributed by atoms with Gasteiger partial charge in [0.1, 0.15) is 4.60 Å². The molecular formula is C14H17BrN4. The van der Waals surface area contributed by atoms with Gasteiger partial charge in [-0.2, -0.15) is 0 Å². The molecule has 4 rings (SSSR count). The first kappa shape index (κ1) is 11.7. The zero-order valence-corrected chi connectivity index (χ0v) is 12.4. The van der Waals surface area contributed by atoms with Crippen LogP contribution in [0.4, 0.5) is 5.82 Å². The molecule has 2 fully saturated rings. The van der Waals surface area contributed by atoms with Crippen LogP contribution in [-0.4, -0.2) is 27.0 Å². The maximum Gasteiger partial charge on any atom is 0.180 e.